The van der Waals surface area contributed by atoms with Crippen molar-refractivity contribution in [3.8, 4) is 0 Å². The predicted octanol–water partition coefficient (Wildman–Crippen LogP) is -0.356. The highest BCUT2D eigenvalue weighted by Crippen LogP contribution is 2.05. The lowest BCUT2D eigenvalue weighted by Crippen LogP contribution is -2.35. The SMILES string of the molecule is CNC(=O)OCC(COC(=O)NC)OCCCC(=O)CCCNC(=O)CCN1C(=O)C=CC1=O. The van der Waals surface area contributed by atoms with Crippen molar-refractivity contribution >= 4 is 35.7 Å². The number of rotatable bonds is 16. The summed E-state index contributed by atoms with van der Waals surface area (Å²) in [5.41, 5.74) is 0. The first-order valence-electron chi connectivity index (χ1n) is 10.9. The summed E-state index contributed by atoms with van der Waals surface area (Å²) in [5, 5.41) is 7.24. The Kier molecular flexibility index (Phi) is 13.6. The Morgan fingerprint density at radius 3 is 2.00 bits per heavy atom. The quantitative estimate of drug-likeness (QED) is 0.196. The van der Waals surface area contributed by atoms with Crippen molar-refractivity contribution in [1.82, 2.24) is 20.9 Å². The van der Waals surface area contributed by atoms with Crippen LogP contribution in [0.5, 0.6) is 0 Å². The normalized spacial score (nSPS) is 12.6. The number of alkyl carbamates (subject to hydrolysis) is 2. The number of ketones is 1. The minimum Gasteiger partial charge on any atom is -0.447 e. The number of imide groups is 1. The van der Waals surface area contributed by atoms with Crippen LogP contribution in [0, 0.1) is 0 Å². The number of carbonyl (C=O) groups is 6. The van der Waals surface area contributed by atoms with Crippen molar-refractivity contribution in [2.75, 3.05) is 47.0 Å². The highest BCUT2D eigenvalue weighted by atomic mass is 16.6. The molecule has 0 aliphatic carbocycles. The number of nitrogens with zero attached hydrogens (tertiary/aromatic N) is 1. The number of hydrogen-bond acceptors (Lipinski definition) is 9. The van der Waals surface area contributed by atoms with Gasteiger partial charge in [0.05, 0.1) is 0 Å². The number of carbonyl (C=O) groups excluding carboxylic acids is 6. The third-order valence-corrected chi connectivity index (χ3v) is 4.58. The van der Waals surface area contributed by atoms with Crippen LogP contribution in [-0.4, -0.2) is 93.7 Å². The van der Waals surface area contributed by atoms with Crippen molar-refractivity contribution in [1.29, 1.82) is 0 Å². The number of ether oxygens (including phenoxy) is 3. The van der Waals surface area contributed by atoms with E-state index in [1.807, 2.05) is 0 Å². The molecule has 3 N–H and O–H groups in total. The molecule has 1 heterocycles. The molecule has 0 fully saturated rings. The van der Waals surface area contributed by atoms with Gasteiger partial charge in [-0.3, -0.25) is 24.1 Å². The van der Waals surface area contributed by atoms with E-state index in [2.05, 4.69) is 16.0 Å². The first-order valence-corrected chi connectivity index (χ1v) is 10.9. The smallest absolute Gasteiger partial charge is 0.406 e. The molecule has 34 heavy (non-hydrogen) atoms. The van der Waals surface area contributed by atoms with E-state index >= 15 is 0 Å². The summed E-state index contributed by atoms with van der Waals surface area (Å²) in [4.78, 5) is 70.1. The number of hydrogen-bond donors (Lipinski definition) is 3. The highest BCUT2D eigenvalue weighted by molar-refractivity contribution is 6.13. The summed E-state index contributed by atoms with van der Waals surface area (Å²) >= 11 is 0. The summed E-state index contributed by atoms with van der Waals surface area (Å²) in [5.74, 6) is -1.18. The molecular weight excluding hydrogens is 452 g/mol. The van der Waals surface area contributed by atoms with Crippen molar-refractivity contribution in [2.24, 2.45) is 0 Å². The first-order chi connectivity index (χ1) is 16.3. The monoisotopic (exact) mass is 484 g/mol. The molecule has 13 heteroatoms. The first kappa shape index (κ1) is 28.6. The summed E-state index contributed by atoms with van der Waals surface area (Å²) < 4.78 is 15.4. The molecule has 1 aliphatic rings. The zero-order valence-electron chi connectivity index (χ0n) is 19.4. The van der Waals surface area contributed by atoms with Crippen LogP contribution < -0.4 is 16.0 Å². The maximum absolute atomic E-state index is 12.0. The summed E-state index contributed by atoms with van der Waals surface area (Å²) in [7, 11) is 2.82. The van der Waals surface area contributed by atoms with Crippen LogP contribution in [0.25, 0.3) is 0 Å². The van der Waals surface area contributed by atoms with Crippen molar-refractivity contribution in [2.45, 2.75) is 38.2 Å². The van der Waals surface area contributed by atoms with Crippen LogP contribution in [0.15, 0.2) is 12.2 Å². The lowest BCUT2D eigenvalue weighted by Gasteiger charge is -2.17. The second-order valence-electron chi connectivity index (χ2n) is 7.20. The molecular formula is C21H32N4O9. The van der Waals surface area contributed by atoms with Gasteiger partial charge in [0.2, 0.25) is 5.91 Å². The number of amides is 5. The van der Waals surface area contributed by atoms with E-state index in [9.17, 15) is 28.8 Å². The highest BCUT2D eigenvalue weighted by Gasteiger charge is 2.23. The van der Waals surface area contributed by atoms with Gasteiger partial charge in [0.15, 0.2) is 0 Å². The van der Waals surface area contributed by atoms with Crippen LogP contribution in [0.2, 0.25) is 0 Å². The zero-order valence-corrected chi connectivity index (χ0v) is 19.4. The molecule has 0 saturated carbocycles. The molecule has 0 spiro atoms. The minimum absolute atomic E-state index is 0.00112. The molecule has 0 radical (unpaired) electrons. The molecule has 0 bridgehead atoms. The van der Waals surface area contributed by atoms with Crippen molar-refractivity contribution in [3.05, 3.63) is 12.2 Å². The summed E-state index contributed by atoms with van der Waals surface area (Å²) in [6.45, 7) is 0.266. The molecule has 0 aromatic heterocycles. The van der Waals surface area contributed by atoms with Crippen LogP contribution in [0.1, 0.15) is 32.1 Å². The Hall–Kier alpha value is -3.48. The average molecular weight is 485 g/mol. The van der Waals surface area contributed by atoms with E-state index in [4.69, 9.17) is 14.2 Å². The molecule has 0 aromatic carbocycles. The average Bonchev–Trinajstić information content (AvgIpc) is 3.15. The third kappa shape index (κ3) is 11.9. The Bertz CT molecular complexity index is 731. The standard InChI is InChI=1S/C21H32N4O9/c1-22-20(30)33-13-16(14-34-21(31)23-2)32-12-4-6-15(26)5-3-10-24-17(27)9-11-25-18(28)7-8-19(25)29/h7-8,16H,3-6,9-14H2,1-2H3,(H,22,30)(H,23,31)(H,24,27). The molecule has 0 atom stereocenters. The van der Waals surface area contributed by atoms with Crippen LogP contribution in [0.3, 0.4) is 0 Å². The third-order valence-electron chi connectivity index (χ3n) is 4.58. The fourth-order valence-corrected chi connectivity index (χ4v) is 2.74. The Morgan fingerprint density at radius 2 is 1.44 bits per heavy atom. The van der Waals surface area contributed by atoms with E-state index in [1.54, 1.807) is 0 Å². The van der Waals surface area contributed by atoms with Crippen LogP contribution in [-0.2, 0) is 33.4 Å². The maximum atomic E-state index is 12.0. The molecule has 1 rings (SSSR count). The van der Waals surface area contributed by atoms with Gasteiger partial charge >= 0.3 is 12.2 Å². The lowest BCUT2D eigenvalue weighted by molar-refractivity contribution is -0.137. The molecule has 1 aliphatic heterocycles. The molecule has 5 amide bonds. The summed E-state index contributed by atoms with van der Waals surface area (Å²) in [6, 6.07) is 0. The van der Waals surface area contributed by atoms with Gasteiger partial charge in [0.25, 0.3) is 11.8 Å². The van der Waals surface area contributed by atoms with Gasteiger partial charge in [-0.25, -0.2) is 9.59 Å². The van der Waals surface area contributed by atoms with E-state index in [0.717, 1.165) is 17.1 Å². The second kappa shape index (κ2) is 16.2. The largest absolute Gasteiger partial charge is 0.447 e. The summed E-state index contributed by atoms with van der Waals surface area (Å²) in [6.07, 6.45) is 1.76. The van der Waals surface area contributed by atoms with Crippen molar-refractivity contribution < 1.29 is 43.0 Å². The van der Waals surface area contributed by atoms with E-state index < -0.39 is 30.1 Å². The topological polar surface area (TPSA) is 169 Å². The minimum atomic E-state index is -0.679. The van der Waals surface area contributed by atoms with E-state index in [0.29, 0.717) is 19.4 Å². The number of nitrogens with one attached hydrogen (secondary N) is 3. The van der Waals surface area contributed by atoms with Crippen LogP contribution >= 0.6 is 0 Å². The maximum Gasteiger partial charge on any atom is 0.406 e. The van der Waals surface area contributed by atoms with Gasteiger partial charge in [-0.15, -0.1) is 0 Å². The molecule has 190 valence electrons. The molecule has 13 nitrogen and oxygen atoms in total. The van der Waals surface area contributed by atoms with Gasteiger partial charge < -0.3 is 30.2 Å². The fourth-order valence-electron chi connectivity index (χ4n) is 2.74. The lowest BCUT2D eigenvalue weighted by atomic mass is 10.1. The van der Waals surface area contributed by atoms with Gasteiger partial charge in [-0.05, 0) is 12.8 Å². The predicted molar refractivity (Wildman–Crippen MR) is 118 cm³/mol. The van der Waals surface area contributed by atoms with Gasteiger partial charge in [-0.1, -0.05) is 0 Å². The molecule has 0 saturated heterocycles. The van der Waals surface area contributed by atoms with E-state index in [1.165, 1.54) is 14.1 Å². The van der Waals surface area contributed by atoms with Crippen molar-refractivity contribution in [3.63, 3.8) is 0 Å². The Morgan fingerprint density at radius 1 is 0.882 bits per heavy atom. The molecule has 0 aromatic rings. The van der Waals surface area contributed by atoms with Gasteiger partial charge in [-0.2, -0.15) is 0 Å². The Labute approximate surface area is 197 Å². The van der Waals surface area contributed by atoms with Gasteiger partial charge in [0, 0.05) is 65.2 Å². The van der Waals surface area contributed by atoms with Gasteiger partial charge in [0.1, 0.15) is 25.1 Å². The van der Waals surface area contributed by atoms with Crippen LogP contribution in [0.4, 0.5) is 9.59 Å². The zero-order chi connectivity index (χ0) is 25.3. The Balaban J connectivity index is 2.15. The fraction of sp³-hybridized carbons (Fsp3) is 0.619. The number of Topliss-reactive ketones (excluding diaryl/α,β-unsaturated/α-hetero) is 1. The van der Waals surface area contributed by atoms with E-state index in [-0.39, 0.29) is 57.3 Å². The second-order valence-corrected chi connectivity index (χ2v) is 7.20. The molecule has 0 unspecified atom stereocenters.